The molecule has 2 aromatic rings. The maximum Gasteiger partial charge on any atom is 0.261 e. The molecule has 142 valence electrons. The minimum atomic E-state index is -0.294. The standard InChI is InChI=1S/C20H22N2O5/c1-26-12-10-21(13-15-8-11-27-14-15)18(23)7-4-9-22-19(24)16-5-2-3-6-17(16)20(22)25/h2-3,5-6,8,11,14H,4,7,9-10,12-13H2,1H3. The highest BCUT2D eigenvalue weighted by atomic mass is 16.5. The third kappa shape index (κ3) is 4.25. The third-order valence-electron chi connectivity index (χ3n) is 4.52. The molecule has 0 atom stereocenters. The quantitative estimate of drug-likeness (QED) is 0.633. The predicted octanol–water partition coefficient (Wildman–Crippen LogP) is 2.33. The SMILES string of the molecule is COCCN(Cc1ccoc1)C(=O)CCCN1C(=O)c2ccccc2C1=O. The Bertz CT molecular complexity index is 781. The van der Waals surface area contributed by atoms with Gasteiger partial charge in [0.1, 0.15) is 0 Å². The first-order valence-electron chi connectivity index (χ1n) is 8.85. The van der Waals surface area contributed by atoms with E-state index in [9.17, 15) is 14.4 Å². The Kier molecular flexibility index (Phi) is 6.03. The van der Waals surface area contributed by atoms with Gasteiger partial charge in [-0.3, -0.25) is 19.3 Å². The number of benzene rings is 1. The van der Waals surface area contributed by atoms with E-state index in [2.05, 4.69) is 0 Å². The van der Waals surface area contributed by atoms with Crippen LogP contribution < -0.4 is 0 Å². The Morgan fingerprint density at radius 2 is 1.85 bits per heavy atom. The van der Waals surface area contributed by atoms with Crippen LogP contribution in [0.15, 0.2) is 47.3 Å². The van der Waals surface area contributed by atoms with Gasteiger partial charge < -0.3 is 14.1 Å². The smallest absolute Gasteiger partial charge is 0.261 e. The Labute approximate surface area is 157 Å². The number of rotatable bonds is 9. The summed E-state index contributed by atoms with van der Waals surface area (Å²) in [5, 5.41) is 0. The summed E-state index contributed by atoms with van der Waals surface area (Å²) < 4.78 is 10.1. The van der Waals surface area contributed by atoms with E-state index in [1.807, 2.05) is 6.07 Å². The molecule has 1 aliphatic rings. The minimum absolute atomic E-state index is 0.0511. The molecule has 1 aliphatic heterocycles. The largest absolute Gasteiger partial charge is 0.472 e. The number of nitrogens with zero attached hydrogens (tertiary/aromatic N) is 2. The Morgan fingerprint density at radius 1 is 1.15 bits per heavy atom. The van der Waals surface area contributed by atoms with Crippen LogP contribution in [0.25, 0.3) is 0 Å². The topological polar surface area (TPSA) is 80.1 Å². The number of fused-ring (bicyclic) bond motifs is 1. The number of amides is 3. The normalized spacial score (nSPS) is 13.1. The van der Waals surface area contributed by atoms with Crippen LogP contribution >= 0.6 is 0 Å². The third-order valence-corrected chi connectivity index (χ3v) is 4.52. The van der Waals surface area contributed by atoms with Gasteiger partial charge in [0.2, 0.25) is 5.91 Å². The maximum absolute atomic E-state index is 12.6. The van der Waals surface area contributed by atoms with Gasteiger partial charge >= 0.3 is 0 Å². The van der Waals surface area contributed by atoms with Crippen molar-refractivity contribution in [2.75, 3.05) is 26.8 Å². The number of carbonyl (C=O) groups excluding carboxylic acids is 3. The van der Waals surface area contributed by atoms with E-state index in [4.69, 9.17) is 9.15 Å². The van der Waals surface area contributed by atoms with Gasteiger partial charge in [0.05, 0.1) is 30.3 Å². The van der Waals surface area contributed by atoms with E-state index in [0.717, 1.165) is 5.56 Å². The van der Waals surface area contributed by atoms with Crippen LogP contribution in [0.1, 0.15) is 39.1 Å². The zero-order valence-electron chi connectivity index (χ0n) is 15.2. The molecule has 2 heterocycles. The van der Waals surface area contributed by atoms with Crippen LogP contribution in [0.3, 0.4) is 0 Å². The second-order valence-electron chi connectivity index (χ2n) is 6.35. The molecule has 0 radical (unpaired) electrons. The maximum atomic E-state index is 12.6. The van der Waals surface area contributed by atoms with Crippen molar-refractivity contribution in [1.82, 2.24) is 9.80 Å². The van der Waals surface area contributed by atoms with Crippen molar-refractivity contribution in [2.45, 2.75) is 19.4 Å². The predicted molar refractivity (Wildman–Crippen MR) is 97.0 cm³/mol. The van der Waals surface area contributed by atoms with E-state index in [-0.39, 0.29) is 30.7 Å². The first kappa shape index (κ1) is 18.8. The lowest BCUT2D eigenvalue weighted by molar-refractivity contribution is -0.132. The lowest BCUT2D eigenvalue weighted by atomic mass is 10.1. The Morgan fingerprint density at radius 3 is 2.44 bits per heavy atom. The molecule has 0 spiro atoms. The van der Waals surface area contributed by atoms with E-state index in [1.165, 1.54) is 4.90 Å². The molecular formula is C20H22N2O5. The average Bonchev–Trinajstić information content (AvgIpc) is 3.27. The first-order valence-corrected chi connectivity index (χ1v) is 8.85. The van der Waals surface area contributed by atoms with E-state index in [1.54, 1.807) is 48.8 Å². The van der Waals surface area contributed by atoms with E-state index >= 15 is 0 Å². The minimum Gasteiger partial charge on any atom is -0.472 e. The lowest BCUT2D eigenvalue weighted by Crippen LogP contribution is -2.35. The molecule has 1 aromatic carbocycles. The zero-order valence-corrected chi connectivity index (χ0v) is 15.2. The monoisotopic (exact) mass is 370 g/mol. The van der Waals surface area contributed by atoms with Crippen LogP contribution in [0.5, 0.6) is 0 Å². The second kappa shape index (κ2) is 8.64. The molecule has 0 bridgehead atoms. The fourth-order valence-corrected chi connectivity index (χ4v) is 3.09. The summed E-state index contributed by atoms with van der Waals surface area (Å²) >= 11 is 0. The summed E-state index contributed by atoms with van der Waals surface area (Å²) in [6, 6.07) is 8.59. The van der Waals surface area contributed by atoms with Gasteiger partial charge in [-0.15, -0.1) is 0 Å². The highest BCUT2D eigenvalue weighted by Crippen LogP contribution is 2.22. The molecule has 0 N–H and O–H groups in total. The number of methoxy groups -OCH3 is 1. The van der Waals surface area contributed by atoms with Crippen LogP contribution in [-0.4, -0.2) is 54.3 Å². The number of imide groups is 1. The molecule has 0 saturated heterocycles. The van der Waals surface area contributed by atoms with Gasteiger partial charge in [0.15, 0.2) is 0 Å². The molecule has 7 nitrogen and oxygen atoms in total. The number of carbonyl (C=O) groups is 3. The lowest BCUT2D eigenvalue weighted by Gasteiger charge is -2.22. The van der Waals surface area contributed by atoms with Gasteiger partial charge in [-0.25, -0.2) is 0 Å². The van der Waals surface area contributed by atoms with Crippen molar-refractivity contribution in [3.63, 3.8) is 0 Å². The molecular weight excluding hydrogens is 348 g/mol. The van der Waals surface area contributed by atoms with Crippen molar-refractivity contribution in [2.24, 2.45) is 0 Å². The Balaban J connectivity index is 1.55. The Hall–Kier alpha value is -2.93. The van der Waals surface area contributed by atoms with Crippen molar-refractivity contribution in [1.29, 1.82) is 0 Å². The molecule has 27 heavy (non-hydrogen) atoms. The van der Waals surface area contributed by atoms with Gasteiger partial charge in [0, 0.05) is 38.7 Å². The fraction of sp³-hybridized carbons (Fsp3) is 0.350. The summed E-state index contributed by atoms with van der Waals surface area (Å²) in [5.41, 5.74) is 1.76. The van der Waals surface area contributed by atoms with E-state index in [0.29, 0.717) is 37.2 Å². The molecule has 3 amide bonds. The molecule has 3 rings (SSSR count). The molecule has 0 unspecified atom stereocenters. The first-order chi connectivity index (χ1) is 13.1. The summed E-state index contributed by atoms with van der Waals surface area (Å²) in [4.78, 5) is 40.2. The summed E-state index contributed by atoms with van der Waals surface area (Å²) in [6.07, 6.45) is 3.83. The second-order valence-corrected chi connectivity index (χ2v) is 6.35. The number of ether oxygens (including phenoxy) is 1. The fourth-order valence-electron chi connectivity index (χ4n) is 3.09. The average molecular weight is 370 g/mol. The van der Waals surface area contributed by atoms with Crippen molar-refractivity contribution in [3.8, 4) is 0 Å². The summed E-state index contributed by atoms with van der Waals surface area (Å²) in [7, 11) is 1.59. The number of furan rings is 1. The molecule has 0 fully saturated rings. The van der Waals surface area contributed by atoms with Crippen molar-refractivity contribution >= 4 is 17.7 Å². The molecule has 7 heteroatoms. The highest BCUT2D eigenvalue weighted by Gasteiger charge is 2.34. The van der Waals surface area contributed by atoms with Crippen LogP contribution in [-0.2, 0) is 16.1 Å². The van der Waals surface area contributed by atoms with Gasteiger partial charge in [-0.2, -0.15) is 0 Å². The molecule has 1 aromatic heterocycles. The van der Waals surface area contributed by atoms with Crippen LogP contribution in [0.4, 0.5) is 0 Å². The highest BCUT2D eigenvalue weighted by molar-refractivity contribution is 6.21. The van der Waals surface area contributed by atoms with Crippen LogP contribution in [0, 0.1) is 0 Å². The van der Waals surface area contributed by atoms with Gasteiger partial charge in [0.25, 0.3) is 11.8 Å². The summed E-state index contributed by atoms with van der Waals surface area (Å²) in [6.45, 7) is 1.56. The van der Waals surface area contributed by atoms with Gasteiger partial charge in [-0.05, 0) is 24.6 Å². The van der Waals surface area contributed by atoms with E-state index < -0.39 is 0 Å². The molecule has 0 aliphatic carbocycles. The number of hydrogen-bond acceptors (Lipinski definition) is 5. The zero-order chi connectivity index (χ0) is 19.2. The summed E-state index contributed by atoms with van der Waals surface area (Å²) in [5.74, 6) is -0.639. The van der Waals surface area contributed by atoms with Crippen molar-refractivity contribution in [3.05, 3.63) is 59.5 Å². The number of hydrogen-bond donors (Lipinski definition) is 0. The van der Waals surface area contributed by atoms with Crippen LogP contribution in [0.2, 0.25) is 0 Å². The molecule has 0 saturated carbocycles. The van der Waals surface area contributed by atoms with Gasteiger partial charge in [-0.1, -0.05) is 12.1 Å². The van der Waals surface area contributed by atoms with Crippen molar-refractivity contribution < 1.29 is 23.5 Å².